The molecule has 11 aromatic rings. The van der Waals surface area contributed by atoms with E-state index >= 15 is 0 Å². The lowest BCUT2D eigenvalue weighted by Crippen LogP contribution is -2.02. The first-order valence-electron chi connectivity index (χ1n) is 16.3. The van der Waals surface area contributed by atoms with Crippen LogP contribution in [-0.4, -0.2) is 18.9 Å². The molecule has 0 aliphatic rings. The van der Waals surface area contributed by atoms with Gasteiger partial charge in [-0.3, -0.25) is 0 Å². The van der Waals surface area contributed by atoms with Crippen LogP contribution in [0.4, 0.5) is 0 Å². The third kappa shape index (κ3) is 3.38. The summed E-state index contributed by atoms with van der Waals surface area (Å²) in [7, 11) is 0. The number of rotatable bonds is 3. The van der Waals surface area contributed by atoms with Gasteiger partial charge in [0.1, 0.15) is 0 Å². The van der Waals surface area contributed by atoms with Crippen LogP contribution in [-0.2, 0) is 0 Å². The van der Waals surface area contributed by atoms with Gasteiger partial charge in [-0.25, -0.2) is 9.97 Å². The van der Waals surface area contributed by atoms with Crippen molar-refractivity contribution in [2.75, 3.05) is 0 Å². The van der Waals surface area contributed by atoms with E-state index in [4.69, 9.17) is 9.97 Å². The number of hydrogen-bond donors (Lipinski definition) is 0. The van der Waals surface area contributed by atoms with Gasteiger partial charge >= 0.3 is 0 Å². The molecule has 0 aliphatic heterocycles. The Hall–Kier alpha value is -6.52. The van der Waals surface area contributed by atoms with Crippen LogP contribution in [0, 0.1) is 0 Å². The summed E-state index contributed by atoms with van der Waals surface area (Å²) in [6, 6.07) is 54.2. The van der Waals surface area contributed by atoms with E-state index in [2.05, 4.69) is 136 Å². The average Bonchev–Trinajstić information content (AvgIpc) is 3.79. The molecule has 0 fully saturated rings. The Morgan fingerprint density at radius 1 is 0.438 bits per heavy atom. The molecule has 222 valence electrons. The minimum atomic E-state index is 0.714. The predicted octanol–water partition coefficient (Wildman–Crippen LogP) is 11.2. The van der Waals surface area contributed by atoms with E-state index in [0.29, 0.717) is 5.82 Å². The lowest BCUT2D eigenvalue weighted by molar-refractivity contribution is 1.09. The Bertz CT molecular complexity index is 3040. The lowest BCUT2D eigenvalue weighted by Gasteiger charge is -2.14. The molecule has 4 heteroatoms. The van der Waals surface area contributed by atoms with Crippen molar-refractivity contribution >= 4 is 70.7 Å². The van der Waals surface area contributed by atoms with Gasteiger partial charge in [0.25, 0.3) is 0 Å². The number of aromatic nitrogens is 4. The number of benzene rings is 7. The number of para-hydroxylation sites is 3. The van der Waals surface area contributed by atoms with Gasteiger partial charge in [0.15, 0.2) is 5.82 Å². The Balaban J connectivity index is 1.25. The second-order valence-electron chi connectivity index (χ2n) is 12.6. The molecule has 0 amide bonds. The van der Waals surface area contributed by atoms with Crippen molar-refractivity contribution in [2.24, 2.45) is 0 Å². The lowest BCUT2D eigenvalue weighted by atomic mass is 10.00. The molecular formula is C44H26N4. The van der Waals surface area contributed by atoms with E-state index in [1.165, 1.54) is 59.6 Å². The molecule has 0 saturated carbocycles. The van der Waals surface area contributed by atoms with Crippen LogP contribution in [0.2, 0.25) is 0 Å². The van der Waals surface area contributed by atoms with Gasteiger partial charge in [-0.05, 0) is 41.1 Å². The highest BCUT2D eigenvalue weighted by atomic mass is 15.0. The summed E-state index contributed by atoms with van der Waals surface area (Å²) in [5, 5.41) is 10.1. The summed E-state index contributed by atoms with van der Waals surface area (Å²) in [4.78, 5) is 10.2. The fourth-order valence-electron chi connectivity index (χ4n) is 8.05. The highest BCUT2D eigenvalue weighted by Gasteiger charge is 2.22. The van der Waals surface area contributed by atoms with Gasteiger partial charge in [-0.15, -0.1) is 0 Å². The fraction of sp³-hybridized carbons (Fsp3) is 0. The highest BCUT2D eigenvalue weighted by Crippen LogP contribution is 2.44. The van der Waals surface area contributed by atoms with Crippen molar-refractivity contribution in [1.29, 1.82) is 0 Å². The molecule has 0 unspecified atom stereocenters. The Morgan fingerprint density at radius 3 is 1.92 bits per heavy atom. The third-order valence-electron chi connectivity index (χ3n) is 10.1. The first-order valence-corrected chi connectivity index (χ1v) is 16.3. The molecule has 0 saturated heterocycles. The van der Waals surface area contributed by atoms with E-state index in [0.717, 1.165) is 33.5 Å². The molecule has 4 aromatic heterocycles. The van der Waals surface area contributed by atoms with Crippen molar-refractivity contribution in [3.05, 3.63) is 158 Å². The van der Waals surface area contributed by atoms with Gasteiger partial charge in [0.05, 0.1) is 45.2 Å². The van der Waals surface area contributed by atoms with Crippen LogP contribution in [0.5, 0.6) is 0 Å². The predicted molar refractivity (Wildman–Crippen MR) is 199 cm³/mol. The largest absolute Gasteiger partial charge is 0.308 e. The Kier molecular flexibility index (Phi) is 5.08. The van der Waals surface area contributed by atoms with E-state index in [-0.39, 0.29) is 0 Å². The number of hydrogen-bond acceptors (Lipinski definition) is 2. The van der Waals surface area contributed by atoms with Crippen molar-refractivity contribution in [1.82, 2.24) is 18.9 Å². The van der Waals surface area contributed by atoms with E-state index in [1.54, 1.807) is 0 Å². The third-order valence-corrected chi connectivity index (χ3v) is 10.1. The summed E-state index contributed by atoms with van der Waals surface area (Å²) in [6.07, 6.45) is 2.00. The molecule has 4 nitrogen and oxygen atoms in total. The maximum Gasteiger partial charge on any atom is 0.159 e. The summed E-state index contributed by atoms with van der Waals surface area (Å²) >= 11 is 0. The summed E-state index contributed by atoms with van der Waals surface area (Å²) in [6.45, 7) is 0. The zero-order chi connectivity index (χ0) is 31.3. The average molecular weight is 611 g/mol. The van der Waals surface area contributed by atoms with Gasteiger partial charge in [-0.1, -0.05) is 121 Å². The minimum absolute atomic E-state index is 0.714. The van der Waals surface area contributed by atoms with Crippen molar-refractivity contribution < 1.29 is 0 Å². The Morgan fingerprint density at radius 2 is 1.10 bits per heavy atom. The quantitative estimate of drug-likeness (QED) is 0.199. The zero-order valence-corrected chi connectivity index (χ0v) is 25.8. The maximum absolute atomic E-state index is 5.22. The normalized spacial score (nSPS) is 12.2. The molecule has 11 rings (SSSR count). The number of nitrogens with zero attached hydrogens (tertiary/aromatic N) is 4. The topological polar surface area (TPSA) is 35.1 Å². The molecule has 7 aromatic carbocycles. The van der Waals surface area contributed by atoms with Gasteiger partial charge in [-0.2, -0.15) is 0 Å². The summed E-state index contributed by atoms with van der Waals surface area (Å²) < 4.78 is 4.81. The first kappa shape index (κ1) is 25.6. The molecule has 0 spiro atoms. The monoisotopic (exact) mass is 610 g/mol. The van der Waals surface area contributed by atoms with Crippen LogP contribution >= 0.6 is 0 Å². The molecular weight excluding hydrogens is 585 g/mol. The summed E-state index contributed by atoms with van der Waals surface area (Å²) in [5.74, 6) is 0.714. The Labute approximate surface area is 275 Å². The van der Waals surface area contributed by atoms with Crippen LogP contribution in [0.3, 0.4) is 0 Å². The molecule has 48 heavy (non-hydrogen) atoms. The zero-order valence-electron chi connectivity index (χ0n) is 25.8. The summed E-state index contributed by atoms with van der Waals surface area (Å²) in [5.41, 5.74) is 9.98. The SMILES string of the molecule is c1ccc(-c2ncc(-n3c4ccccc4c4cc5c(ccc6c5c5cccc7c8ccccc8n6c75)cc43)c(-c3ccccc3)n2)cc1. The number of fused-ring (bicyclic) bond motifs is 11. The van der Waals surface area contributed by atoms with Gasteiger partial charge < -0.3 is 8.97 Å². The van der Waals surface area contributed by atoms with Crippen LogP contribution < -0.4 is 0 Å². The van der Waals surface area contributed by atoms with Gasteiger partial charge in [0, 0.05) is 43.4 Å². The van der Waals surface area contributed by atoms with Gasteiger partial charge in [0.2, 0.25) is 0 Å². The molecule has 0 atom stereocenters. The van der Waals surface area contributed by atoms with E-state index in [1.807, 2.05) is 30.5 Å². The second-order valence-corrected chi connectivity index (χ2v) is 12.6. The second kappa shape index (κ2) is 9.50. The molecule has 0 radical (unpaired) electrons. The highest BCUT2D eigenvalue weighted by molar-refractivity contribution is 6.30. The fourth-order valence-corrected chi connectivity index (χ4v) is 8.05. The molecule has 4 heterocycles. The van der Waals surface area contributed by atoms with Crippen molar-refractivity contribution in [2.45, 2.75) is 0 Å². The minimum Gasteiger partial charge on any atom is -0.308 e. The first-order chi connectivity index (χ1) is 23.8. The van der Waals surface area contributed by atoms with Crippen LogP contribution in [0.15, 0.2) is 158 Å². The smallest absolute Gasteiger partial charge is 0.159 e. The van der Waals surface area contributed by atoms with E-state index < -0.39 is 0 Å². The standard InChI is InChI=1S/C44H26N4/c1-3-12-27(13-4-1)42-40(26-45-44(46-42)28-14-5-2-6-15-28)47-36-20-9-8-17-31(36)35-25-34-29(24-39(35)47)22-23-38-41(34)33-19-11-18-32-30-16-7-10-21-37(30)48(38)43(32)33/h1-26H. The van der Waals surface area contributed by atoms with E-state index in [9.17, 15) is 0 Å². The van der Waals surface area contributed by atoms with Crippen molar-refractivity contribution in [3.63, 3.8) is 0 Å². The maximum atomic E-state index is 5.22. The molecule has 0 aliphatic carbocycles. The van der Waals surface area contributed by atoms with Crippen molar-refractivity contribution in [3.8, 4) is 28.3 Å². The van der Waals surface area contributed by atoms with Crippen LogP contribution in [0.25, 0.3) is 99.0 Å². The van der Waals surface area contributed by atoms with Crippen LogP contribution in [0.1, 0.15) is 0 Å². The molecule has 0 N–H and O–H groups in total. The molecule has 0 bridgehead atoms.